The van der Waals surface area contributed by atoms with Crippen molar-refractivity contribution in [3.63, 3.8) is 0 Å². The molecule has 1 heterocycles. The van der Waals surface area contributed by atoms with Gasteiger partial charge in [0.25, 0.3) is 0 Å². The Bertz CT molecular complexity index is 557. The van der Waals surface area contributed by atoms with Crippen LogP contribution in [0, 0.1) is 5.41 Å². The Balaban J connectivity index is 1.95. The van der Waals surface area contributed by atoms with Crippen molar-refractivity contribution in [3.8, 4) is 5.75 Å². The Morgan fingerprint density at radius 2 is 2.23 bits per heavy atom. The summed E-state index contributed by atoms with van der Waals surface area (Å²) in [5.41, 5.74) is 1.11. The Morgan fingerprint density at radius 3 is 2.92 bits per heavy atom. The maximum Gasteiger partial charge on any atom is 0.191 e. The van der Waals surface area contributed by atoms with Crippen molar-refractivity contribution in [2.45, 2.75) is 39.7 Å². The van der Waals surface area contributed by atoms with Crippen LogP contribution in [0.2, 0.25) is 0 Å². The van der Waals surface area contributed by atoms with Gasteiger partial charge >= 0.3 is 0 Å². The van der Waals surface area contributed by atoms with Gasteiger partial charge in [-0.3, -0.25) is 0 Å². The summed E-state index contributed by atoms with van der Waals surface area (Å²) in [6, 6.07) is 8.08. The first-order chi connectivity index (χ1) is 12.7. The molecule has 0 radical (unpaired) electrons. The zero-order chi connectivity index (χ0) is 18.7. The van der Waals surface area contributed by atoms with Crippen molar-refractivity contribution >= 4 is 5.96 Å². The second-order valence-electron chi connectivity index (χ2n) is 6.82. The molecule has 1 aromatic rings. The van der Waals surface area contributed by atoms with E-state index in [1.54, 1.807) is 0 Å². The topological polar surface area (TPSA) is 75.1 Å². The van der Waals surface area contributed by atoms with Crippen LogP contribution in [-0.4, -0.2) is 50.6 Å². The molecule has 0 aromatic heterocycles. The van der Waals surface area contributed by atoms with E-state index in [1.165, 1.54) is 0 Å². The number of hydrogen-bond donors (Lipinski definition) is 3. The van der Waals surface area contributed by atoms with Crippen LogP contribution in [0.4, 0.5) is 0 Å². The van der Waals surface area contributed by atoms with Crippen molar-refractivity contribution in [1.29, 1.82) is 0 Å². The first-order valence-electron chi connectivity index (χ1n) is 9.64. The highest BCUT2D eigenvalue weighted by atomic mass is 16.5. The van der Waals surface area contributed by atoms with E-state index in [1.807, 2.05) is 18.2 Å². The third-order valence-corrected chi connectivity index (χ3v) is 4.59. The van der Waals surface area contributed by atoms with Crippen LogP contribution in [0.5, 0.6) is 5.75 Å². The van der Waals surface area contributed by atoms with Crippen molar-refractivity contribution in [1.82, 2.24) is 10.6 Å². The summed E-state index contributed by atoms with van der Waals surface area (Å²) in [7, 11) is 0. The molecule has 6 nitrogen and oxygen atoms in total. The summed E-state index contributed by atoms with van der Waals surface area (Å²) in [5, 5.41) is 16.1. The Kier molecular flexibility index (Phi) is 8.71. The van der Waals surface area contributed by atoms with E-state index in [-0.39, 0.29) is 12.0 Å². The summed E-state index contributed by atoms with van der Waals surface area (Å²) in [4.78, 5) is 4.69. The van der Waals surface area contributed by atoms with Gasteiger partial charge in [-0.2, -0.15) is 0 Å². The van der Waals surface area contributed by atoms with Gasteiger partial charge in [0.05, 0.1) is 19.8 Å². The molecular formula is C20H33N3O3. The lowest BCUT2D eigenvalue weighted by molar-refractivity contribution is 0.127. The molecule has 0 saturated carbocycles. The molecule has 0 spiro atoms. The van der Waals surface area contributed by atoms with Crippen LogP contribution >= 0.6 is 0 Å². The number of hydrogen-bond acceptors (Lipinski definition) is 4. The van der Waals surface area contributed by atoms with Gasteiger partial charge in [-0.25, -0.2) is 4.99 Å². The van der Waals surface area contributed by atoms with Gasteiger partial charge in [-0.1, -0.05) is 19.1 Å². The van der Waals surface area contributed by atoms with Gasteiger partial charge in [0, 0.05) is 31.7 Å². The van der Waals surface area contributed by atoms with Crippen LogP contribution in [-0.2, 0) is 11.3 Å². The van der Waals surface area contributed by atoms with Gasteiger partial charge in [0.2, 0.25) is 0 Å². The molecule has 1 aliphatic heterocycles. The molecule has 2 rings (SSSR count). The maximum atomic E-state index is 9.36. The number of rotatable bonds is 10. The second-order valence-corrected chi connectivity index (χ2v) is 6.82. The van der Waals surface area contributed by atoms with Crippen LogP contribution in [0.25, 0.3) is 0 Å². The molecule has 1 unspecified atom stereocenters. The van der Waals surface area contributed by atoms with Gasteiger partial charge in [0.15, 0.2) is 5.96 Å². The van der Waals surface area contributed by atoms with Crippen LogP contribution in [0.1, 0.15) is 38.7 Å². The molecule has 1 fully saturated rings. The molecule has 1 atom stereocenters. The molecule has 146 valence electrons. The minimum atomic E-state index is -0.00114. The normalized spacial score (nSPS) is 20.2. The number of nitrogens with one attached hydrogen (secondary N) is 2. The van der Waals surface area contributed by atoms with Crippen molar-refractivity contribution in [2.75, 3.05) is 39.5 Å². The first-order valence-corrected chi connectivity index (χ1v) is 9.64. The predicted octanol–water partition coefficient (Wildman–Crippen LogP) is 2.32. The third kappa shape index (κ3) is 6.50. The van der Waals surface area contributed by atoms with E-state index in [2.05, 4.69) is 30.5 Å². The predicted molar refractivity (Wildman–Crippen MR) is 105 cm³/mol. The highest BCUT2D eigenvalue weighted by molar-refractivity contribution is 5.79. The molecule has 6 heteroatoms. The number of benzene rings is 1. The lowest BCUT2D eigenvalue weighted by Gasteiger charge is -2.27. The van der Waals surface area contributed by atoms with Crippen molar-refractivity contribution in [3.05, 3.63) is 29.8 Å². The summed E-state index contributed by atoms with van der Waals surface area (Å²) >= 11 is 0. The first kappa shape index (κ1) is 20.5. The minimum Gasteiger partial charge on any atom is -0.494 e. The zero-order valence-electron chi connectivity index (χ0n) is 16.1. The summed E-state index contributed by atoms with van der Waals surface area (Å²) in [6.07, 6.45) is 2.71. The number of aliphatic hydroxyl groups is 1. The number of ether oxygens (including phenoxy) is 2. The van der Waals surface area contributed by atoms with Gasteiger partial charge in [-0.05, 0) is 43.9 Å². The van der Waals surface area contributed by atoms with E-state index in [0.29, 0.717) is 13.2 Å². The van der Waals surface area contributed by atoms with Crippen molar-refractivity contribution < 1.29 is 14.6 Å². The van der Waals surface area contributed by atoms with E-state index in [9.17, 15) is 5.11 Å². The van der Waals surface area contributed by atoms with E-state index in [0.717, 1.165) is 62.8 Å². The van der Waals surface area contributed by atoms with E-state index in [4.69, 9.17) is 14.5 Å². The smallest absolute Gasteiger partial charge is 0.191 e. The van der Waals surface area contributed by atoms with E-state index < -0.39 is 0 Å². The molecule has 1 aromatic carbocycles. The number of nitrogens with zero attached hydrogens (tertiary/aromatic N) is 1. The molecule has 0 bridgehead atoms. The fourth-order valence-corrected chi connectivity index (χ4v) is 3.05. The van der Waals surface area contributed by atoms with E-state index >= 15 is 0 Å². The Hall–Kier alpha value is -1.79. The lowest BCUT2D eigenvalue weighted by Crippen LogP contribution is -2.44. The third-order valence-electron chi connectivity index (χ3n) is 4.59. The molecule has 0 aliphatic carbocycles. The number of aliphatic hydroxyl groups excluding tert-OH is 1. The Labute approximate surface area is 157 Å². The largest absolute Gasteiger partial charge is 0.494 e. The molecular weight excluding hydrogens is 330 g/mol. The molecule has 1 saturated heterocycles. The average Bonchev–Trinajstić information content (AvgIpc) is 3.12. The minimum absolute atomic E-state index is 0.00114. The molecule has 3 N–H and O–H groups in total. The molecule has 0 amide bonds. The lowest BCUT2D eigenvalue weighted by atomic mass is 9.84. The fourth-order valence-electron chi connectivity index (χ4n) is 3.05. The summed E-state index contributed by atoms with van der Waals surface area (Å²) in [5.74, 6) is 1.68. The quantitative estimate of drug-likeness (QED) is 0.439. The average molecular weight is 364 g/mol. The summed E-state index contributed by atoms with van der Waals surface area (Å²) < 4.78 is 11.2. The fraction of sp³-hybridized carbons (Fsp3) is 0.650. The number of guanidine groups is 1. The highest BCUT2D eigenvalue weighted by Gasteiger charge is 2.34. The SMILES string of the molecule is CCCOc1cccc(CN=C(NCC)NCC2(CCO)CCOC2)c1. The van der Waals surface area contributed by atoms with Crippen LogP contribution in [0.15, 0.2) is 29.3 Å². The molecule has 1 aliphatic rings. The van der Waals surface area contributed by atoms with Crippen LogP contribution < -0.4 is 15.4 Å². The second kappa shape index (κ2) is 11.0. The van der Waals surface area contributed by atoms with Crippen LogP contribution in [0.3, 0.4) is 0 Å². The van der Waals surface area contributed by atoms with Gasteiger partial charge in [0.1, 0.15) is 5.75 Å². The van der Waals surface area contributed by atoms with Gasteiger partial charge in [-0.15, -0.1) is 0 Å². The van der Waals surface area contributed by atoms with Crippen molar-refractivity contribution in [2.24, 2.45) is 10.4 Å². The Morgan fingerprint density at radius 1 is 1.35 bits per heavy atom. The number of aliphatic imine (C=N–C) groups is 1. The summed E-state index contributed by atoms with van der Waals surface area (Å²) in [6.45, 7) is 8.65. The zero-order valence-corrected chi connectivity index (χ0v) is 16.1. The highest BCUT2D eigenvalue weighted by Crippen LogP contribution is 2.31. The maximum absolute atomic E-state index is 9.36. The molecule has 26 heavy (non-hydrogen) atoms. The monoisotopic (exact) mass is 363 g/mol. The standard InChI is InChI=1S/C20H33N3O3/c1-3-11-26-18-7-5-6-17(13-18)14-22-19(21-4-2)23-15-20(8-10-24)9-12-25-16-20/h5-7,13,24H,3-4,8-12,14-16H2,1-2H3,(H2,21,22,23). The van der Waals surface area contributed by atoms with Gasteiger partial charge < -0.3 is 25.2 Å².